The number of ketones is 1. The van der Waals surface area contributed by atoms with Gasteiger partial charge in [-0.3, -0.25) is 4.79 Å². The highest BCUT2D eigenvalue weighted by Crippen LogP contribution is 2.33. The van der Waals surface area contributed by atoms with Crippen molar-refractivity contribution in [3.63, 3.8) is 0 Å². The summed E-state index contributed by atoms with van der Waals surface area (Å²) in [6.07, 6.45) is 2.48. The lowest BCUT2D eigenvalue weighted by molar-refractivity contribution is 0.102. The van der Waals surface area contributed by atoms with Crippen LogP contribution in [0.1, 0.15) is 27.3 Å². The predicted octanol–water partition coefficient (Wildman–Crippen LogP) is 1.80. The highest BCUT2D eigenvalue weighted by Gasteiger charge is 2.28. The summed E-state index contributed by atoms with van der Waals surface area (Å²) in [5, 5.41) is 10.6. The van der Waals surface area contributed by atoms with E-state index in [-0.39, 0.29) is 11.5 Å². The zero-order valence-electron chi connectivity index (χ0n) is 10.5. The number of rotatable bonds is 1. The molecule has 0 fully saturated rings. The third-order valence-electron chi connectivity index (χ3n) is 3.15. The average molecular weight is 288 g/mol. The summed E-state index contributed by atoms with van der Waals surface area (Å²) in [5.41, 5.74) is 12.7. The van der Waals surface area contributed by atoms with Gasteiger partial charge in [0.1, 0.15) is 11.6 Å². The first-order valence-electron chi connectivity index (χ1n) is 6.00. The number of nitrogen functional groups attached to an aromatic ring is 2. The molecule has 1 aliphatic rings. The Bertz CT molecular complexity index is 718. The van der Waals surface area contributed by atoms with Crippen molar-refractivity contribution in [3.8, 4) is 0 Å². The number of fused-ring (bicyclic) bond motifs is 1. The molecule has 0 unspecified atom stereocenters. The van der Waals surface area contributed by atoms with Crippen LogP contribution in [0.5, 0.6) is 0 Å². The van der Waals surface area contributed by atoms with Crippen molar-refractivity contribution < 1.29 is 9.90 Å². The second kappa shape index (κ2) is 4.61. The van der Waals surface area contributed by atoms with Crippen molar-refractivity contribution in [2.45, 2.75) is 12.8 Å². The van der Waals surface area contributed by atoms with Crippen LogP contribution < -0.4 is 11.5 Å². The summed E-state index contributed by atoms with van der Waals surface area (Å²) in [6, 6.07) is 3.21. The van der Waals surface area contributed by atoms with Gasteiger partial charge in [0.05, 0.1) is 10.6 Å². The van der Waals surface area contributed by atoms with Gasteiger partial charge < -0.3 is 16.6 Å². The van der Waals surface area contributed by atoms with E-state index >= 15 is 0 Å². The fourth-order valence-corrected chi connectivity index (χ4v) is 3.00. The number of hydrogen-bond acceptors (Lipinski definition) is 7. The molecule has 3 rings (SSSR count). The minimum absolute atomic E-state index is 0.0554. The number of Topliss-reactive ketones (excluding diaryl/α,β-unsaturated/α-hetero) is 1. The van der Waals surface area contributed by atoms with Crippen LogP contribution in [-0.2, 0) is 6.42 Å². The lowest BCUT2D eigenvalue weighted by Crippen LogP contribution is -2.14. The van der Waals surface area contributed by atoms with Crippen LogP contribution in [0.4, 0.5) is 10.9 Å². The number of allylic oxidation sites excluding steroid dienone is 1. The molecule has 0 spiro atoms. The second-order valence-electron chi connectivity index (χ2n) is 4.46. The number of anilines is 2. The van der Waals surface area contributed by atoms with Crippen molar-refractivity contribution in [1.29, 1.82) is 0 Å². The normalized spacial score (nSPS) is 16.9. The zero-order valence-corrected chi connectivity index (χ0v) is 11.3. The number of hydrogen-bond donors (Lipinski definition) is 3. The molecule has 0 atom stereocenters. The maximum Gasteiger partial charge on any atom is 0.204 e. The standard InChI is InChI=1S/C13H12N4O2S/c14-9-4-1-6(5-16-9)10(18)7-2-3-8-12(11(7)19)20-13(15)17-8/h1,4-5,18H,2-3H2,(H2,14,16)(H2,15,17)/b10-7-. The summed E-state index contributed by atoms with van der Waals surface area (Å²) in [4.78, 5) is 20.9. The van der Waals surface area contributed by atoms with E-state index in [0.29, 0.717) is 45.5 Å². The number of nitrogens with two attached hydrogens (primary N) is 2. The molecule has 6 nitrogen and oxygen atoms in total. The average Bonchev–Trinajstić information content (AvgIpc) is 2.81. The maximum absolute atomic E-state index is 12.4. The number of thiazole rings is 1. The number of aryl methyl sites for hydroxylation is 1. The largest absolute Gasteiger partial charge is 0.507 e. The molecule has 2 aromatic heterocycles. The van der Waals surface area contributed by atoms with Gasteiger partial charge in [-0.05, 0) is 25.0 Å². The Balaban J connectivity index is 2.04. The van der Waals surface area contributed by atoms with Gasteiger partial charge in [0.25, 0.3) is 0 Å². The number of nitrogens with zero attached hydrogens (tertiary/aromatic N) is 2. The van der Waals surface area contributed by atoms with Crippen LogP contribution in [0.3, 0.4) is 0 Å². The van der Waals surface area contributed by atoms with Crippen molar-refractivity contribution in [2.75, 3.05) is 11.5 Å². The summed E-state index contributed by atoms with van der Waals surface area (Å²) >= 11 is 1.15. The minimum Gasteiger partial charge on any atom is -0.507 e. The number of carbonyl (C=O) groups excluding carboxylic acids is 1. The topological polar surface area (TPSA) is 115 Å². The van der Waals surface area contributed by atoms with Crippen LogP contribution in [0.2, 0.25) is 0 Å². The van der Waals surface area contributed by atoms with Gasteiger partial charge in [-0.2, -0.15) is 0 Å². The van der Waals surface area contributed by atoms with E-state index < -0.39 is 0 Å². The third kappa shape index (κ3) is 2.01. The molecule has 0 saturated heterocycles. The van der Waals surface area contributed by atoms with E-state index in [1.165, 1.54) is 6.20 Å². The molecule has 1 aliphatic carbocycles. The van der Waals surface area contributed by atoms with E-state index in [0.717, 1.165) is 11.3 Å². The summed E-state index contributed by atoms with van der Waals surface area (Å²) in [6.45, 7) is 0. The van der Waals surface area contributed by atoms with E-state index in [2.05, 4.69) is 9.97 Å². The first-order valence-corrected chi connectivity index (χ1v) is 6.82. The Morgan fingerprint density at radius 3 is 2.80 bits per heavy atom. The molecule has 2 heterocycles. The SMILES string of the molecule is Nc1ccc(/C(O)=C2\CCc3nc(N)sc3C2=O)cn1. The molecule has 0 aliphatic heterocycles. The van der Waals surface area contributed by atoms with Crippen LogP contribution in [-0.4, -0.2) is 20.9 Å². The summed E-state index contributed by atoms with van der Waals surface area (Å²) in [7, 11) is 0. The third-order valence-corrected chi connectivity index (χ3v) is 4.08. The number of carbonyl (C=O) groups is 1. The Hall–Kier alpha value is -2.41. The monoisotopic (exact) mass is 288 g/mol. The number of aliphatic hydroxyl groups excluding tert-OH is 1. The van der Waals surface area contributed by atoms with Gasteiger partial charge in [-0.25, -0.2) is 9.97 Å². The molecule has 20 heavy (non-hydrogen) atoms. The van der Waals surface area contributed by atoms with E-state index in [1.54, 1.807) is 12.1 Å². The molecule has 0 amide bonds. The lowest BCUT2D eigenvalue weighted by atomic mass is 9.93. The smallest absolute Gasteiger partial charge is 0.204 e. The number of aliphatic hydroxyl groups is 1. The first kappa shape index (κ1) is 12.6. The van der Waals surface area contributed by atoms with E-state index in [4.69, 9.17) is 11.5 Å². The summed E-state index contributed by atoms with van der Waals surface area (Å²) in [5.74, 6) is 0.0916. The molecule has 0 saturated carbocycles. The van der Waals surface area contributed by atoms with Gasteiger partial charge in [0, 0.05) is 17.3 Å². The fourth-order valence-electron chi connectivity index (χ4n) is 2.16. The number of aromatic nitrogens is 2. The fraction of sp³-hybridized carbons (Fsp3) is 0.154. The molecule has 2 aromatic rings. The summed E-state index contributed by atoms with van der Waals surface area (Å²) < 4.78 is 0. The molecule has 0 bridgehead atoms. The van der Waals surface area contributed by atoms with Gasteiger partial charge in [-0.1, -0.05) is 11.3 Å². The van der Waals surface area contributed by atoms with Crippen molar-refractivity contribution in [1.82, 2.24) is 9.97 Å². The zero-order chi connectivity index (χ0) is 14.3. The molecule has 5 N–H and O–H groups in total. The molecule has 102 valence electrons. The van der Waals surface area contributed by atoms with Crippen molar-refractivity contribution in [3.05, 3.63) is 40.0 Å². The van der Waals surface area contributed by atoms with Gasteiger partial charge in [0.2, 0.25) is 5.78 Å². The second-order valence-corrected chi connectivity index (χ2v) is 5.49. The minimum atomic E-state index is -0.213. The predicted molar refractivity (Wildman–Crippen MR) is 77.4 cm³/mol. The quantitative estimate of drug-likeness (QED) is 0.544. The van der Waals surface area contributed by atoms with Gasteiger partial charge >= 0.3 is 0 Å². The molecule has 0 radical (unpaired) electrons. The highest BCUT2D eigenvalue weighted by molar-refractivity contribution is 7.17. The Morgan fingerprint density at radius 2 is 2.10 bits per heavy atom. The van der Waals surface area contributed by atoms with Gasteiger partial charge in [-0.15, -0.1) is 0 Å². The van der Waals surface area contributed by atoms with Crippen LogP contribution in [0, 0.1) is 0 Å². The van der Waals surface area contributed by atoms with Crippen molar-refractivity contribution >= 4 is 33.8 Å². The van der Waals surface area contributed by atoms with Crippen LogP contribution in [0.15, 0.2) is 23.9 Å². The van der Waals surface area contributed by atoms with Crippen LogP contribution in [0.25, 0.3) is 5.76 Å². The lowest BCUT2D eigenvalue weighted by Gasteiger charge is -2.14. The number of pyridine rings is 1. The molecular weight excluding hydrogens is 276 g/mol. The van der Waals surface area contributed by atoms with Crippen molar-refractivity contribution in [2.24, 2.45) is 0 Å². The van der Waals surface area contributed by atoms with Crippen LogP contribution >= 0.6 is 11.3 Å². The van der Waals surface area contributed by atoms with E-state index in [1.807, 2.05) is 0 Å². The Kier molecular flexibility index (Phi) is 2.90. The Morgan fingerprint density at radius 1 is 1.30 bits per heavy atom. The molecular formula is C13H12N4O2S. The molecule has 0 aromatic carbocycles. The van der Waals surface area contributed by atoms with Gasteiger partial charge in [0.15, 0.2) is 5.13 Å². The first-order chi connectivity index (χ1) is 9.56. The Labute approximate surface area is 118 Å². The molecule has 7 heteroatoms. The van der Waals surface area contributed by atoms with E-state index in [9.17, 15) is 9.90 Å². The highest BCUT2D eigenvalue weighted by atomic mass is 32.1. The maximum atomic E-state index is 12.4.